The van der Waals surface area contributed by atoms with Gasteiger partial charge in [0.25, 0.3) is 0 Å². The highest BCUT2D eigenvalue weighted by Crippen LogP contribution is 2.32. The number of pyridine rings is 1. The lowest BCUT2D eigenvalue weighted by Crippen LogP contribution is -2.34. The van der Waals surface area contributed by atoms with Gasteiger partial charge in [0.1, 0.15) is 11.5 Å². The van der Waals surface area contributed by atoms with E-state index in [2.05, 4.69) is 22.7 Å². The normalized spacial score (nSPS) is 15.6. The molecule has 0 fully saturated rings. The van der Waals surface area contributed by atoms with E-state index in [0.29, 0.717) is 13.0 Å². The van der Waals surface area contributed by atoms with E-state index in [0.717, 1.165) is 47.3 Å². The number of aromatic nitrogens is 2. The number of sulfonamides is 1. The summed E-state index contributed by atoms with van der Waals surface area (Å²) in [4.78, 5) is 4.51. The molecule has 1 aliphatic heterocycles. The van der Waals surface area contributed by atoms with Crippen LogP contribution in [-0.2, 0) is 16.6 Å². The van der Waals surface area contributed by atoms with E-state index < -0.39 is 15.8 Å². The zero-order valence-electron chi connectivity index (χ0n) is 16.0. The van der Waals surface area contributed by atoms with Crippen molar-refractivity contribution < 1.29 is 12.8 Å². The quantitative estimate of drug-likeness (QED) is 0.585. The average molecular weight is 434 g/mol. The number of fused-ring (bicyclic) bond motifs is 1. The van der Waals surface area contributed by atoms with Gasteiger partial charge in [-0.25, -0.2) is 17.8 Å². The van der Waals surface area contributed by atoms with Gasteiger partial charge in [-0.3, -0.25) is 0 Å². The molecular formula is C21H21ClFN3O2S. The number of aryl methyl sites for hydroxylation is 1. The molecule has 0 saturated carbocycles. The van der Waals surface area contributed by atoms with Crippen molar-refractivity contribution in [3.8, 4) is 0 Å². The lowest BCUT2D eigenvalue weighted by atomic mass is 10.0. The molecule has 0 bridgehead atoms. The molecule has 3 aromatic rings. The second kappa shape index (κ2) is 7.89. The summed E-state index contributed by atoms with van der Waals surface area (Å²) in [5.74, 6) is -0.636. The van der Waals surface area contributed by atoms with Gasteiger partial charge in [0.15, 0.2) is 0 Å². The molecule has 152 valence electrons. The molecule has 0 aliphatic carbocycles. The molecule has 0 saturated heterocycles. The number of benzene rings is 1. The van der Waals surface area contributed by atoms with Gasteiger partial charge in [-0.2, -0.15) is 4.31 Å². The third-order valence-corrected chi connectivity index (χ3v) is 7.30. The van der Waals surface area contributed by atoms with Gasteiger partial charge in [-0.15, -0.1) is 0 Å². The molecule has 5 nitrogen and oxygen atoms in total. The van der Waals surface area contributed by atoms with E-state index in [1.54, 1.807) is 6.20 Å². The second-order valence-corrected chi connectivity index (χ2v) is 9.37. The van der Waals surface area contributed by atoms with Crippen LogP contribution >= 0.6 is 11.6 Å². The Kier molecular flexibility index (Phi) is 5.46. The fourth-order valence-electron chi connectivity index (χ4n) is 3.69. The van der Waals surface area contributed by atoms with Crippen LogP contribution in [0, 0.1) is 5.82 Å². The lowest BCUT2D eigenvalue weighted by molar-refractivity contribution is 0.441. The minimum Gasteiger partial charge on any atom is -0.332 e. The number of hydrogen-bond acceptors (Lipinski definition) is 3. The molecule has 0 radical (unpaired) electrons. The Morgan fingerprint density at radius 3 is 2.79 bits per heavy atom. The van der Waals surface area contributed by atoms with E-state index >= 15 is 0 Å². The Bertz CT molecular complexity index is 1200. The van der Waals surface area contributed by atoms with Crippen molar-refractivity contribution >= 4 is 38.2 Å². The molecule has 0 spiro atoms. The Morgan fingerprint density at radius 2 is 2.10 bits per heavy atom. The number of rotatable bonds is 5. The molecule has 1 aliphatic rings. The molecule has 29 heavy (non-hydrogen) atoms. The Hall–Kier alpha value is -2.22. The van der Waals surface area contributed by atoms with Crippen LogP contribution in [0.15, 0.2) is 53.7 Å². The first-order valence-electron chi connectivity index (χ1n) is 9.50. The SMILES string of the molecule is CCCn1cc(C2=CCN(S(=O)(=O)c3ccc(F)c(Cl)c3)CC2)c2cccnc21. The van der Waals surface area contributed by atoms with Crippen molar-refractivity contribution in [2.24, 2.45) is 0 Å². The topological polar surface area (TPSA) is 55.2 Å². The van der Waals surface area contributed by atoms with Crippen LogP contribution in [0.5, 0.6) is 0 Å². The van der Waals surface area contributed by atoms with E-state index in [1.165, 1.54) is 10.4 Å². The highest BCUT2D eigenvalue weighted by molar-refractivity contribution is 7.89. The van der Waals surface area contributed by atoms with E-state index in [1.807, 2.05) is 18.2 Å². The van der Waals surface area contributed by atoms with Crippen molar-refractivity contribution in [3.63, 3.8) is 0 Å². The molecule has 0 N–H and O–H groups in total. The summed E-state index contributed by atoms with van der Waals surface area (Å²) < 4.78 is 42.7. The Labute approximate surface area is 174 Å². The standard InChI is InChI=1S/C21H21ClFN3O2S/c1-2-10-25-14-18(17-4-3-9-24-21(17)25)15-7-11-26(12-8-15)29(27,28)16-5-6-20(23)19(22)13-16/h3-7,9,13-14H,2,8,10-12H2,1H3. The summed E-state index contributed by atoms with van der Waals surface area (Å²) in [5, 5.41) is 0.879. The van der Waals surface area contributed by atoms with Gasteiger partial charge in [-0.05, 0) is 48.7 Å². The maximum Gasteiger partial charge on any atom is 0.243 e. The summed E-state index contributed by atoms with van der Waals surface area (Å²) in [7, 11) is -3.73. The first-order valence-corrected chi connectivity index (χ1v) is 11.3. The minimum atomic E-state index is -3.73. The third-order valence-electron chi connectivity index (χ3n) is 5.15. The predicted octanol–water partition coefficient (Wildman–Crippen LogP) is 4.72. The van der Waals surface area contributed by atoms with Crippen molar-refractivity contribution in [1.29, 1.82) is 0 Å². The number of hydrogen-bond donors (Lipinski definition) is 0. The van der Waals surface area contributed by atoms with Crippen LogP contribution in [0.4, 0.5) is 4.39 Å². The van der Waals surface area contributed by atoms with Crippen LogP contribution in [0.1, 0.15) is 25.3 Å². The van der Waals surface area contributed by atoms with Crippen LogP contribution in [0.2, 0.25) is 5.02 Å². The summed E-state index contributed by atoms with van der Waals surface area (Å²) in [6.07, 6.45) is 7.44. The smallest absolute Gasteiger partial charge is 0.243 e. The second-order valence-electron chi connectivity index (χ2n) is 7.03. The molecule has 4 rings (SSSR count). The van der Waals surface area contributed by atoms with Gasteiger partial charge < -0.3 is 4.57 Å². The maximum atomic E-state index is 13.4. The molecular weight excluding hydrogens is 413 g/mol. The molecule has 8 heteroatoms. The number of nitrogens with zero attached hydrogens (tertiary/aromatic N) is 3. The third kappa shape index (κ3) is 3.70. The molecule has 0 amide bonds. The minimum absolute atomic E-state index is 0.00417. The van der Waals surface area contributed by atoms with Gasteiger partial charge in [0.2, 0.25) is 10.0 Å². The molecule has 1 aromatic carbocycles. The van der Waals surface area contributed by atoms with Crippen LogP contribution in [-0.4, -0.2) is 35.4 Å². The fourth-order valence-corrected chi connectivity index (χ4v) is 5.34. The monoisotopic (exact) mass is 433 g/mol. The summed E-state index contributed by atoms with van der Waals surface area (Å²) in [6.45, 7) is 3.61. The zero-order chi connectivity index (χ0) is 20.6. The largest absolute Gasteiger partial charge is 0.332 e. The molecule has 0 atom stereocenters. The molecule has 3 heterocycles. The van der Waals surface area contributed by atoms with Crippen molar-refractivity contribution in [2.75, 3.05) is 13.1 Å². The van der Waals surface area contributed by atoms with Gasteiger partial charge >= 0.3 is 0 Å². The van der Waals surface area contributed by atoms with Crippen LogP contribution in [0.25, 0.3) is 16.6 Å². The van der Waals surface area contributed by atoms with E-state index in [-0.39, 0.29) is 16.5 Å². The zero-order valence-corrected chi connectivity index (χ0v) is 17.5. The van der Waals surface area contributed by atoms with Gasteiger partial charge in [0, 0.05) is 43.0 Å². The highest BCUT2D eigenvalue weighted by atomic mass is 35.5. The van der Waals surface area contributed by atoms with Crippen LogP contribution < -0.4 is 0 Å². The van der Waals surface area contributed by atoms with Crippen molar-refractivity contribution in [2.45, 2.75) is 31.2 Å². The van der Waals surface area contributed by atoms with Crippen molar-refractivity contribution in [3.05, 3.63) is 65.2 Å². The molecule has 0 unspecified atom stereocenters. The van der Waals surface area contributed by atoms with E-state index in [9.17, 15) is 12.8 Å². The first-order chi connectivity index (χ1) is 13.9. The lowest BCUT2D eigenvalue weighted by Gasteiger charge is -2.26. The van der Waals surface area contributed by atoms with Gasteiger partial charge in [0.05, 0.1) is 9.92 Å². The predicted molar refractivity (Wildman–Crippen MR) is 113 cm³/mol. The Morgan fingerprint density at radius 1 is 1.28 bits per heavy atom. The Balaban J connectivity index is 1.63. The fraction of sp³-hybridized carbons (Fsp3) is 0.286. The molecule has 2 aromatic heterocycles. The summed E-state index contributed by atoms with van der Waals surface area (Å²) in [6, 6.07) is 7.46. The highest BCUT2D eigenvalue weighted by Gasteiger charge is 2.27. The average Bonchev–Trinajstić information content (AvgIpc) is 3.09. The van der Waals surface area contributed by atoms with E-state index in [4.69, 9.17) is 11.6 Å². The van der Waals surface area contributed by atoms with Crippen LogP contribution in [0.3, 0.4) is 0 Å². The summed E-state index contributed by atoms with van der Waals surface area (Å²) >= 11 is 5.77. The first kappa shape index (κ1) is 20.1. The summed E-state index contributed by atoms with van der Waals surface area (Å²) in [5.41, 5.74) is 3.16. The number of halogens is 2. The van der Waals surface area contributed by atoms with Crippen molar-refractivity contribution in [1.82, 2.24) is 13.9 Å². The van der Waals surface area contributed by atoms with Gasteiger partial charge in [-0.1, -0.05) is 24.6 Å². The maximum absolute atomic E-state index is 13.4.